The van der Waals surface area contributed by atoms with E-state index in [1.165, 1.54) is 0 Å². The summed E-state index contributed by atoms with van der Waals surface area (Å²) in [5.41, 5.74) is 13.6. The smallest absolute Gasteiger partial charge is 0.410 e. The van der Waals surface area contributed by atoms with Crippen LogP contribution in [0.4, 0.5) is 0 Å². The van der Waals surface area contributed by atoms with Gasteiger partial charge in [0.2, 0.25) is 0 Å². The summed E-state index contributed by atoms with van der Waals surface area (Å²) in [5.74, 6) is 0. The largest absolute Gasteiger partial charge is 0.506 e. The molecule has 2 heterocycles. The second-order valence-corrected chi connectivity index (χ2v) is 43.9. The summed E-state index contributed by atoms with van der Waals surface area (Å²) in [6.45, 7) is 62.3. The Morgan fingerprint density at radius 1 is 0.436 bits per heavy atom. The zero-order chi connectivity index (χ0) is 43.4. The molecule has 0 radical (unpaired) electrons. The summed E-state index contributed by atoms with van der Waals surface area (Å²) in [6, 6.07) is 0. The maximum Gasteiger partial charge on any atom is 0.506 e. The van der Waals surface area contributed by atoms with Crippen molar-refractivity contribution in [1.29, 1.82) is 0 Å². The Hall–Kier alpha value is -0.485. The molecular weight excluding hydrogens is 829 g/mol. The minimum absolute atomic E-state index is 0.0605. The lowest BCUT2D eigenvalue weighted by Gasteiger charge is -2.54. The molecule has 2 aliphatic heterocycles. The number of hydrogen-bond acceptors (Lipinski definition) is 10. The van der Waals surface area contributed by atoms with Crippen LogP contribution in [-0.2, 0) is 42.1 Å². The van der Waals surface area contributed by atoms with Crippen LogP contribution in [0.5, 0.6) is 0 Å². The fourth-order valence-electron chi connectivity index (χ4n) is 5.85. The molecule has 18 heteroatoms. The fraction of sp³-hybridized carbons (Fsp3) is 0.622. The topological polar surface area (TPSA) is 92.3 Å². The van der Waals surface area contributed by atoms with Crippen LogP contribution in [0.1, 0.15) is 83.1 Å². The predicted molar refractivity (Wildman–Crippen MR) is 248 cm³/mol. The number of hydrogen-bond donors (Lipinski definition) is 0. The Bertz CT molecular complexity index is 1130. The summed E-state index contributed by atoms with van der Waals surface area (Å²) in [6.07, 6.45) is 0. The van der Waals surface area contributed by atoms with E-state index in [1.54, 1.807) is 22.8 Å². The molecule has 0 aromatic heterocycles. The van der Waals surface area contributed by atoms with Gasteiger partial charge in [-0.05, 0) is 63.6 Å². The summed E-state index contributed by atoms with van der Waals surface area (Å²) in [4.78, 5) is 0. The monoisotopic (exact) mass is 906 g/mol. The third-order valence-corrected chi connectivity index (χ3v) is 43.2. The van der Waals surface area contributed by atoms with Crippen LogP contribution in [0.25, 0.3) is 0 Å². The Balaban J connectivity index is 0.000000813. The lowest BCUT2D eigenvalue weighted by Crippen LogP contribution is -2.71. The van der Waals surface area contributed by atoms with Crippen molar-refractivity contribution in [2.45, 2.75) is 131 Å². The molecule has 2 aliphatic rings. The SMILES string of the molecule is C=C[Si]1(C(C)C)O[Si](C=C)(C(C)C)O[Si](C=C)(C(C)C)O1.C=C[Si]1(C)O[Si](C)(C=C)O[Si](C)(C=C)O[Si](C)(C=C)O1.CCO[Si](OCC)(OCC)C(C)(C)C. The van der Waals surface area contributed by atoms with Crippen molar-refractivity contribution in [1.82, 2.24) is 0 Å². The van der Waals surface area contributed by atoms with Gasteiger partial charge in [-0.2, -0.15) is 0 Å². The first kappa shape index (κ1) is 54.5. The molecule has 0 saturated carbocycles. The van der Waals surface area contributed by atoms with Gasteiger partial charge in [0.25, 0.3) is 0 Å². The van der Waals surface area contributed by atoms with Crippen molar-refractivity contribution in [2.75, 3.05) is 19.8 Å². The highest BCUT2D eigenvalue weighted by Crippen LogP contribution is 2.46. The molecule has 0 unspecified atom stereocenters. The molecular formula is C37H78O10Si8. The summed E-state index contributed by atoms with van der Waals surface area (Å²) < 4.78 is 62.0. The van der Waals surface area contributed by atoms with Crippen LogP contribution >= 0.6 is 0 Å². The predicted octanol–water partition coefficient (Wildman–Crippen LogP) is 10.9. The molecule has 0 N–H and O–H groups in total. The van der Waals surface area contributed by atoms with E-state index in [4.69, 9.17) is 42.1 Å². The van der Waals surface area contributed by atoms with Gasteiger partial charge in [-0.15, -0.1) is 46.1 Å². The van der Waals surface area contributed by atoms with Gasteiger partial charge < -0.3 is 42.1 Å². The Kier molecular flexibility index (Phi) is 21.5. The van der Waals surface area contributed by atoms with Gasteiger partial charge in [0.15, 0.2) is 0 Å². The number of rotatable bonds is 16. The molecule has 0 spiro atoms. The van der Waals surface area contributed by atoms with E-state index < -0.39 is 68.7 Å². The Labute approximate surface area is 345 Å². The van der Waals surface area contributed by atoms with E-state index in [0.717, 1.165) is 0 Å². The van der Waals surface area contributed by atoms with Crippen LogP contribution < -0.4 is 0 Å². The molecule has 0 aromatic rings. The summed E-state index contributed by atoms with van der Waals surface area (Å²) in [5, 5.41) is -0.0605. The average molecular weight is 908 g/mol. The average Bonchev–Trinajstić information content (AvgIpc) is 3.10. The zero-order valence-corrected chi connectivity index (χ0v) is 45.4. The van der Waals surface area contributed by atoms with Crippen LogP contribution in [-0.4, -0.2) is 88.6 Å². The van der Waals surface area contributed by atoms with Crippen molar-refractivity contribution in [3.63, 3.8) is 0 Å². The van der Waals surface area contributed by atoms with E-state index in [2.05, 4.69) is 108 Å². The van der Waals surface area contributed by atoms with Gasteiger partial charge in [0, 0.05) is 24.9 Å². The molecule has 2 saturated heterocycles. The van der Waals surface area contributed by atoms with Gasteiger partial charge >= 0.3 is 68.7 Å². The van der Waals surface area contributed by atoms with Crippen LogP contribution in [0.2, 0.25) is 47.8 Å². The molecule has 10 nitrogen and oxygen atoms in total. The highest BCUT2D eigenvalue weighted by atomic mass is 28.5. The molecule has 2 rings (SSSR count). The van der Waals surface area contributed by atoms with E-state index in [1.807, 2.05) is 64.1 Å². The van der Waals surface area contributed by atoms with E-state index >= 15 is 0 Å². The first-order valence-corrected chi connectivity index (χ1v) is 36.6. The maximum absolute atomic E-state index is 6.57. The van der Waals surface area contributed by atoms with Crippen molar-refractivity contribution in [3.05, 3.63) is 85.9 Å². The minimum atomic E-state index is -2.60. The summed E-state index contributed by atoms with van der Waals surface area (Å²) in [7, 11) is -20.5. The van der Waals surface area contributed by atoms with Gasteiger partial charge in [-0.25, -0.2) is 0 Å². The molecule has 0 aliphatic carbocycles. The van der Waals surface area contributed by atoms with E-state index in [0.29, 0.717) is 19.8 Å². The second-order valence-electron chi connectivity index (χ2n) is 15.9. The third-order valence-electron chi connectivity index (χ3n) is 9.25. The molecule has 2 fully saturated rings. The van der Waals surface area contributed by atoms with Crippen LogP contribution in [0.15, 0.2) is 85.9 Å². The maximum atomic E-state index is 6.57. The van der Waals surface area contributed by atoms with E-state index in [-0.39, 0.29) is 21.7 Å². The van der Waals surface area contributed by atoms with Crippen molar-refractivity contribution in [3.8, 4) is 0 Å². The molecule has 0 aromatic carbocycles. The van der Waals surface area contributed by atoms with Crippen molar-refractivity contribution >= 4 is 68.7 Å². The van der Waals surface area contributed by atoms with Crippen molar-refractivity contribution in [2.24, 2.45) is 0 Å². The van der Waals surface area contributed by atoms with Crippen molar-refractivity contribution < 1.29 is 42.1 Å². The Morgan fingerprint density at radius 2 is 0.636 bits per heavy atom. The zero-order valence-electron chi connectivity index (χ0n) is 37.4. The lowest BCUT2D eigenvalue weighted by molar-refractivity contribution is 0.0508. The molecule has 0 atom stereocenters. The van der Waals surface area contributed by atoms with Crippen LogP contribution in [0, 0.1) is 0 Å². The Morgan fingerprint density at radius 3 is 0.745 bits per heavy atom. The minimum Gasteiger partial charge on any atom is -0.410 e. The van der Waals surface area contributed by atoms with Gasteiger partial charge in [0.1, 0.15) is 0 Å². The second kappa shape index (κ2) is 21.7. The first-order valence-electron chi connectivity index (χ1n) is 19.4. The standard InChI is InChI=1S/C15H30O3Si3.C12H24O4Si4.C10H24O3Si/c1-10-19(13(4)5)16-20(11-2,14(6)7)18-21(12-3,17-19)15(8)9;1-9-17(5)13-18(6,10-2)15-20(8,12-4)16-19(7,11-3)14-17;1-7-11-14(12-8-2,13-9-3)10(4,5)6/h10-15H,1-3H2,4-9H3;9-12H,1-4H2,5-8H3;7-9H2,1-6H3. The highest BCUT2D eigenvalue weighted by Gasteiger charge is 2.63. The quantitative estimate of drug-likeness (QED) is 0.139. The van der Waals surface area contributed by atoms with Gasteiger partial charge in [-0.1, -0.05) is 102 Å². The molecule has 0 bridgehead atoms. The van der Waals surface area contributed by atoms with Gasteiger partial charge in [-0.3, -0.25) is 0 Å². The highest BCUT2D eigenvalue weighted by molar-refractivity contribution is 7.00. The third kappa shape index (κ3) is 13.8. The first-order chi connectivity index (χ1) is 25.1. The normalized spacial score (nSPS) is 34.2. The van der Waals surface area contributed by atoms with E-state index in [9.17, 15) is 0 Å². The van der Waals surface area contributed by atoms with Gasteiger partial charge in [0.05, 0.1) is 0 Å². The molecule has 0 amide bonds. The lowest BCUT2D eigenvalue weighted by atomic mass is 10.3. The molecule has 318 valence electrons. The summed E-state index contributed by atoms with van der Waals surface area (Å²) >= 11 is 0. The fourth-order valence-corrected chi connectivity index (χ4v) is 42.9. The molecule has 55 heavy (non-hydrogen) atoms. The van der Waals surface area contributed by atoms with Crippen LogP contribution in [0.3, 0.4) is 0 Å².